The summed E-state index contributed by atoms with van der Waals surface area (Å²) in [4.78, 5) is 23.1. The zero-order chi connectivity index (χ0) is 10.3. The van der Waals surface area contributed by atoms with E-state index in [1.54, 1.807) is 30.5 Å². The molecule has 0 aliphatic rings. The van der Waals surface area contributed by atoms with Crippen molar-refractivity contribution in [1.82, 2.24) is 15.0 Å². The third kappa shape index (κ3) is 1.11. The van der Waals surface area contributed by atoms with Crippen LogP contribution in [0.15, 0.2) is 41.6 Å². The maximum Gasteiger partial charge on any atom is 0.213 e. The number of imidazole rings is 1. The molecule has 3 aromatic rings. The first-order valence-electron chi connectivity index (χ1n) is 4.57. The summed E-state index contributed by atoms with van der Waals surface area (Å²) in [5, 5.41) is 0.608. The van der Waals surface area contributed by atoms with Gasteiger partial charge in [0.1, 0.15) is 5.52 Å². The van der Waals surface area contributed by atoms with Crippen molar-refractivity contribution in [3.8, 4) is 0 Å². The highest BCUT2D eigenvalue weighted by atomic mass is 16.1. The summed E-state index contributed by atoms with van der Waals surface area (Å²) in [6, 6.07) is 7.12. The molecule has 0 aliphatic heterocycles. The highest BCUT2D eigenvalue weighted by Crippen LogP contribution is 2.09. The number of rotatable bonds is 0. The van der Waals surface area contributed by atoms with Crippen LogP contribution >= 0.6 is 0 Å². The van der Waals surface area contributed by atoms with E-state index >= 15 is 0 Å². The lowest BCUT2D eigenvalue weighted by Gasteiger charge is -1.87. The van der Waals surface area contributed by atoms with Gasteiger partial charge >= 0.3 is 0 Å². The van der Waals surface area contributed by atoms with Gasteiger partial charge in [0.05, 0.1) is 17.4 Å². The number of pyridine rings is 1. The second kappa shape index (κ2) is 2.88. The van der Waals surface area contributed by atoms with E-state index in [-0.39, 0.29) is 5.43 Å². The first-order chi connectivity index (χ1) is 7.36. The van der Waals surface area contributed by atoms with Gasteiger partial charge in [0.2, 0.25) is 5.43 Å². The zero-order valence-corrected chi connectivity index (χ0v) is 7.77. The quantitative estimate of drug-likeness (QED) is 0.593. The predicted molar refractivity (Wildman–Crippen MR) is 57.7 cm³/mol. The van der Waals surface area contributed by atoms with Gasteiger partial charge in [-0.05, 0) is 24.3 Å². The minimum absolute atomic E-state index is 0.0596. The molecule has 0 atom stereocenters. The summed E-state index contributed by atoms with van der Waals surface area (Å²) in [6.45, 7) is 0. The molecule has 0 fully saturated rings. The summed E-state index contributed by atoms with van der Waals surface area (Å²) in [5.41, 5.74) is 1.82. The molecule has 1 N–H and O–H groups in total. The monoisotopic (exact) mass is 197 g/mol. The summed E-state index contributed by atoms with van der Waals surface area (Å²) in [5.74, 6) is 0. The van der Waals surface area contributed by atoms with Gasteiger partial charge in [-0.2, -0.15) is 0 Å². The van der Waals surface area contributed by atoms with Gasteiger partial charge in [-0.1, -0.05) is 0 Å². The standard InChI is InChI=1S/C11H7N3O/c15-11-7-2-1-5-12-8(7)3-4-9-10(11)14-6-13-9/h1-6H,(H,13,14). The van der Waals surface area contributed by atoms with E-state index in [1.807, 2.05) is 0 Å². The third-order valence-corrected chi connectivity index (χ3v) is 2.38. The van der Waals surface area contributed by atoms with Crippen molar-refractivity contribution >= 4 is 21.9 Å². The summed E-state index contributed by atoms with van der Waals surface area (Å²) in [7, 11) is 0. The molecular weight excluding hydrogens is 190 g/mol. The van der Waals surface area contributed by atoms with Crippen LogP contribution in [0.3, 0.4) is 0 Å². The lowest BCUT2D eigenvalue weighted by Crippen LogP contribution is -1.98. The summed E-state index contributed by atoms with van der Waals surface area (Å²) >= 11 is 0. The molecule has 0 saturated carbocycles. The molecule has 2 heterocycles. The minimum Gasteiger partial charge on any atom is -0.341 e. The molecule has 0 aliphatic carbocycles. The van der Waals surface area contributed by atoms with Crippen molar-refractivity contribution < 1.29 is 0 Å². The summed E-state index contributed by atoms with van der Waals surface area (Å²) < 4.78 is 0. The lowest BCUT2D eigenvalue weighted by molar-refractivity contribution is 1.34. The fourth-order valence-electron chi connectivity index (χ4n) is 1.65. The molecule has 4 heteroatoms. The Balaban J connectivity index is 2.71. The zero-order valence-electron chi connectivity index (χ0n) is 7.77. The van der Waals surface area contributed by atoms with Crippen molar-refractivity contribution in [2.45, 2.75) is 0 Å². The summed E-state index contributed by atoms with van der Waals surface area (Å²) in [6.07, 6.45) is 3.19. The van der Waals surface area contributed by atoms with Crippen LogP contribution in [-0.2, 0) is 0 Å². The Morgan fingerprint density at radius 2 is 1.93 bits per heavy atom. The fraction of sp³-hybridized carbons (Fsp3) is 0. The fourth-order valence-corrected chi connectivity index (χ4v) is 1.65. The maximum atomic E-state index is 12.0. The van der Waals surface area contributed by atoms with Crippen LogP contribution < -0.4 is 5.43 Å². The topological polar surface area (TPSA) is 58.6 Å². The van der Waals surface area contributed by atoms with Crippen LogP contribution in [0.2, 0.25) is 0 Å². The van der Waals surface area contributed by atoms with Crippen molar-refractivity contribution in [3.05, 3.63) is 47.0 Å². The Labute approximate surface area is 84.6 Å². The number of H-pyrrole nitrogens is 1. The Kier molecular flexibility index (Phi) is 1.56. The van der Waals surface area contributed by atoms with Gasteiger partial charge in [-0.25, -0.2) is 4.98 Å². The van der Waals surface area contributed by atoms with Gasteiger partial charge in [0.25, 0.3) is 0 Å². The average molecular weight is 197 g/mol. The van der Waals surface area contributed by atoms with Gasteiger partial charge in [0, 0.05) is 11.6 Å². The third-order valence-electron chi connectivity index (χ3n) is 2.38. The van der Waals surface area contributed by atoms with Crippen LogP contribution in [-0.4, -0.2) is 15.0 Å². The average Bonchev–Trinajstić information content (AvgIpc) is 2.69. The van der Waals surface area contributed by atoms with Gasteiger partial charge in [-0.15, -0.1) is 0 Å². The Bertz CT molecular complexity index is 703. The van der Waals surface area contributed by atoms with E-state index in [9.17, 15) is 4.79 Å². The van der Waals surface area contributed by atoms with Crippen molar-refractivity contribution in [2.75, 3.05) is 0 Å². The molecule has 0 saturated heterocycles. The molecule has 1 aromatic carbocycles. The van der Waals surface area contributed by atoms with E-state index in [0.29, 0.717) is 21.9 Å². The number of aromatic amines is 1. The molecule has 0 amide bonds. The van der Waals surface area contributed by atoms with Crippen LogP contribution in [0.4, 0.5) is 0 Å². The van der Waals surface area contributed by atoms with Crippen LogP contribution in [0.5, 0.6) is 0 Å². The molecule has 4 nitrogen and oxygen atoms in total. The highest BCUT2D eigenvalue weighted by Gasteiger charge is 2.03. The molecule has 0 bridgehead atoms. The largest absolute Gasteiger partial charge is 0.341 e. The van der Waals surface area contributed by atoms with Crippen LogP contribution in [0, 0.1) is 0 Å². The molecule has 0 spiro atoms. The number of nitrogens with one attached hydrogen (secondary N) is 1. The van der Waals surface area contributed by atoms with Crippen molar-refractivity contribution in [2.24, 2.45) is 0 Å². The molecule has 15 heavy (non-hydrogen) atoms. The molecule has 2 aromatic heterocycles. The molecular formula is C11H7N3O. The number of nitrogens with zero attached hydrogens (tertiary/aromatic N) is 2. The van der Waals surface area contributed by atoms with Gasteiger partial charge < -0.3 is 4.98 Å². The predicted octanol–water partition coefficient (Wildman–Crippen LogP) is 1.47. The van der Waals surface area contributed by atoms with E-state index < -0.39 is 0 Å². The maximum absolute atomic E-state index is 12.0. The Morgan fingerprint density at radius 3 is 2.87 bits per heavy atom. The van der Waals surface area contributed by atoms with Crippen molar-refractivity contribution in [3.63, 3.8) is 0 Å². The SMILES string of the molecule is O=c1c2cccnc2ccc2nc[nH]c12. The van der Waals surface area contributed by atoms with Gasteiger partial charge in [-0.3, -0.25) is 9.78 Å². The first kappa shape index (κ1) is 8.11. The van der Waals surface area contributed by atoms with E-state index in [1.165, 1.54) is 6.33 Å². The van der Waals surface area contributed by atoms with E-state index in [4.69, 9.17) is 0 Å². The second-order valence-electron chi connectivity index (χ2n) is 3.26. The number of hydrogen-bond donors (Lipinski definition) is 1. The number of aromatic nitrogens is 3. The van der Waals surface area contributed by atoms with Gasteiger partial charge in [0.15, 0.2) is 0 Å². The Morgan fingerprint density at radius 1 is 1.07 bits per heavy atom. The minimum atomic E-state index is -0.0596. The molecule has 72 valence electrons. The molecule has 0 radical (unpaired) electrons. The van der Waals surface area contributed by atoms with E-state index in [2.05, 4.69) is 15.0 Å². The second-order valence-corrected chi connectivity index (χ2v) is 3.26. The number of hydrogen-bond acceptors (Lipinski definition) is 3. The molecule has 3 rings (SSSR count). The normalized spacial score (nSPS) is 10.9. The van der Waals surface area contributed by atoms with Crippen LogP contribution in [0.1, 0.15) is 0 Å². The molecule has 0 unspecified atom stereocenters. The highest BCUT2D eigenvalue weighted by molar-refractivity contribution is 5.87. The van der Waals surface area contributed by atoms with E-state index in [0.717, 1.165) is 0 Å². The first-order valence-corrected chi connectivity index (χ1v) is 4.57. The smallest absolute Gasteiger partial charge is 0.213 e. The lowest BCUT2D eigenvalue weighted by atomic mass is 10.3. The Hall–Kier alpha value is -2.23. The van der Waals surface area contributed by atoms with Crippen LogP contribution in [0.25, 0.3) is 21.9 Å². The number of fused-ring (bicyclic) bond motifs is 2. The van der Waals surface area contributed by atoms with Crippen molar-refractivity contribution in [1.29, 1.82) is 0 Å².